The fraction of sp³-hybridized carbons (Fsp3) is 0.0769. The van der Waals surface area contributed by atoms with E-state index in [-0.39, 0.29) is 16.3 Å². The number of halogens is 1. The molecule has 0 spiro atoms. The van der Waals surface area contributed by atoms with Gasteiger partial charge in [-0.3, -0.25) is 14.9 Å². The normalized spacial score (nSPS) is 10.9. The smallest absolute Gasteiger partial charge is 0.260 e. The molecule has 0 radical (unpaired) electrons. The van der Waals surface area contributed by atoms with Gasteiger partial charge in [-0.1, -0.05) is 53.3 Å². The van der Waals surface area contributed by atoms with Crippen LogP contribution in [0.2, 0.25) is 5.15 Å². The quantitative estimate of drug-likeness (QED) is 0.290. The van der Waals surface area contributed by atoms with Crippen LogP contribution in [0.1, 0.15) is 26.4 Å². The number of methoxy groups -OCH3 is 1. The second kappa shape index (κ2) is 9.80. The SMILES string of the molecule is COc1ccc2nc(NC(=O)c3ccccc3NC(=O)c3c(C)nn(-c4ccccc4)c3Cl)sc2c1. The third kappa shape index (κ3) is 4.53. The highest BCUT2D eigenvalue weighted by atomic mass is 35.5. The first-order chi connectivity index (χ1) is 17.4. The van der Waals surface area contributed by atoms with Crippen LogP contribution < -0.4 is 15.4 Å². The molecule has 0 aliphatic heterocycles. The van der Waals surface area contributed by atoms with Gasteiger partial charge in [-0.15, -0.1) is 0 Å². The maximum absolute atomic E-state index is 13.2. The zero-order chi connectivity index (χ0) is 25.2. The number of anilines is 2. The van der Waals surface area contributed by atoms with Crippen LogP contribution in [0.4, 0.5) is 10.8 Å². The average molecular weight is 518 g/mol. The maximum Gasteiger partial charge on any atom is 0.260 e. The Balaban J connectivity index is 1.39. The van der Waals surface area contributed by atoms with Crippen molar-refractivity contribution in [3.63, 3.8) is 0 Å². The molecule has 2 amide bonds. The number of nitrogens with one attached hydrogen (secondary N) is 2. The number of nitrogens with zero attached hydrogens (tertiary/aromatic N) is 3. The zero-order valence-corrected chi connectivity index (χ0v) is 20.9. The summed E-state index contributed by atoms with van der Waals surface area (Å²) in [6, 6.07) is 21.5. The van der Waals surface area contributed by atoms with Crippen LogP contribution in [0.25, 0.3) is 15.9 Å². The predicted molar refractivity (Wildman–Crippen MR) is 142 cm³/mol. The third-order valence-electron chi connectivity index (χ3n) is 5.47. The van der Waals surface area contributed by atoms with Crippen molar-refractivity contribution in [3.8, 4) is 11.4 Å². The van der Waals surface area contributed by atoms with E-state index in [9.17, 15) is 9.59 Å². The molecule has 0 aliphatic rings. The molecular formula is C26H20ClN5O3S. The lowest BCUT2D eigenvalue weighted by Gasteiger charge is -2.10. The Morgan fingerprint density at radius 3 is 2.50 bits per heavy atom. The van der Waals surface area contributed by atoms with Crippen molar-refractivity contribution in [1.82, 2.24) is 14.8 Å². The predicted octanol–water partition coefficient (Wildman–Crippen LogP) is 5.96. The van der Waals surface area contributed by atoms with Gasteiger partial charge in [0.15, 0.2) is 5.13 Å². The van der Waals surface area contributed by atoms with Gasteiger partial charge in [-0.05, 0) is 49.4 Å². The Labute approximate surface area is 215 Å². The van der Waals surface area contributed by atoms with Crippen molar-refractivity contribution in [2.24, 2.45) is 0 Å². The fourth-order valence-electron chi connectivity index (χ4n) is 3.72. The molecule has 3 aromatic carbocycles. The number of rotatable bonds is 6. The maximum atomic E-state index is 13.2. The summed E-state index contributed by atoms with van der Waals surface area (Å²) in [5.74, 6) is -0.159. The number of aromatic nitrogens is 3. The molecule has 0 saturated heterocycles. The number of hydrogen-bond donors (Lipinski definition) is 2. The van der Waals surface area contributed by atoms with Crippen LogP contribution in [0.15, 0.2) is 72.8 Å². The van der Waals surface area contributed by atoms with E-state index in [0.29, 0.717) is 22.3 Å². The van der Waals surface area contributed by atoms with Crippen LogP contribution in [0.3, 0.4) is 0 Å². The Bertz CT molecular complexity index is 1600. The summed E-state index contributed by atoms with van der Waals surface area (Å²) in [6.07, 6.45) is 0. The van der Waals surface area contributed by atoms with Gasteiger partial charge in [0.1, 0.15) is 16.5 Å². The van der Waals surface area contributed by atoms with Crippen molar-refractivity contribution in [2.75, 3.05) is 17.7 Å². The first-order valence-corrected chi connectivity index (χ1v) is 12.1. The van der Waals surface area contributed by atoms with Crippen LogP contribution in [-0.4, -0.2) is 33.7 Å². The van der Waals surface area contributed by atoms with Crippen LogP contribution >= 0.6 is 22.9 Å². The molecule has 2 aromatic heterocycles. The summed E-state index contributed by atoms with van der Waals surface area (Å²) < 4.78 is 7.64. The van der Waals surface area contributed by atoms with E-state index in [2.05, 4.69) is 20.7 Å². The lowest BCUT2D eigenvalue weighted by molar-refractivity contribution is 0.102. The van der Waals surface area contributed by atoms with Crippen molar-refractivity contribution in [3.05, 3.63) is 94.8 Å². The topological polar surface area (TPSA) is 98.1 Å². The minimum absolute atomic E-state index is 0.183. The van der Waals surface area contributed by atoms with Crippen LogP contribution in [0, 0.1) is 6.92 Å². The largest absolute Gasteiger partial charge is 0.497 e. The second-order valence-electron chi connectivity index (χ2n) is 7.81. The van der Waals surface area contributed by atoms with Gasteiger partial charge < -0.3 is 10.1 Å². The van der Waals surface area contributed by atoms with Gasteiger partial charge in [0.05, 0.1) is 40.0 Å². The van der Waals surface area contributed by atoms with Crippen LogP contribution in [-0.2, 0) is 0 Å². The lowest BCUT2D eigenvalue weighted by atomic mass is 10.1. The molecule has 180 valence electrons. The van der Waals surface area contributed by atoms with Gasteiger partial charge in [0.2, 0.25) is 0 Å². The summed E-state index contributed by atoms with van der Waals surface area (Å²) >= 11 is 7.87. The Morgan fingerprint density at radius 1 is 0.972 bits per heavy atom. The summed E-state index contributed by atoms with van der Waals surface area (Å²) in [7, 11) is 1.59. The monoisotopic (exact) mass is 517 g/mol. The molecule has 0 aliphatic carbocycles. The molecule has 2 N–H and O–H groups in total. The molecule has 0 saturated carbocycles. The van der Waals surface area contributed by atoms with Gasteiger partial charge in [0, 0.05) is 0 Å². The molecule has 0 bridgehead atoms. The number of hydrogen-bond acceptors (Lipinski definition) is 6. The number of thiazole rings is 1. The van der Waals surface area contributed by atoms with E-state index in [1.165, 1.54) is 16.0 Å². The molecule has 10 heteroatoms. The van der Waals surface area contributed by atoms with Crippen molar-refractivity contribution >= 4 is 55.8 Å². The van der Waals surface area contributed by atoms with Crippen molar-refractivity contribution in [2.45, 2.75) is 6.92 Å². The first kappa shape index (κ1) is 23.5. The third-order valence-corrected chi connectivity index (χ3v) is 6.75. The Morgan fingerprint density at radius 2 is 1.72 bits per heavy atom. The highest BCUT2D eigenvalue weighted by Crippen LogP contribution is 2.30. The van der Waals surface area contributed by atoms with Gasteiger partial charge in [0.25, 0.3) is 11.8 Å². The molecule has 36 heavy (non-hydrogen) atoms. The molecule has 0 unspecified atom stereocenters. The van der Waals surface area contributed by atoms with E-state index in [1.807, 2.05) is 48.5 Å². The number of aryl methyl sites for hydroxylation is 1. The number of benzene rings is 3. The van der Waals surface area contributed by atoms with Crippen molar-refractivity contribution < 1.29 is 14.3 Å². The Hall–Kier alpha value is -4.21. The minimum Gasteiger partial charge on any atom is -0.497 e. The van der Waals surface area contributed by atoms with Gasteiger partial charge >= 0.3 is 0 Å². The molecular weight excluding hydrogens is 498 g/mol. The van der Waals surface area contributed by atoms with Crippen LogP contribution in [0.5, 0.6) is 5.75 Å². The molecule has 2 heterocycles. The molecule has 5 rings (SSSR count). The first-order valence-electron chi connectivity index (χ1n) is 10.9. The van der Waals surface area contributed by atoms with Crippen molar-refractivity contribution in [1.29, 1.82) is 0 Å². The number of amides is 2. The minimum atomic E-state index is -0.466. The van der Waals surface area contributed by atoms with E-state index in [1.54, 1.807) is 38.3 Å². The molecule has 5 aromatic rings. The van der Waals surface area contributed by atoms with E-state index < -0.39 is 11.8 Å². The molecule has 0 atom stereocenters. The number of para-hydroxylation sites is 2. The summed E-state index contributed by atoms with van der Waals surface area (Å²) in [5.41, 5.74) is 2.80. The van der Waals surface area contributed by atoms with Gasteiger partial charge in [-0.25, -0.2) is 9.67 Å². The number of ether oxygens (including phenoxy) is 1. The van der Waals surface area contributed by atoms with E-state index >= 15 is 0 Å². The average Bonchev–Trinajstić information content (AvgIpc) is 3.43. The standard InChI is InChI=1S/C26H20ClN5O3S/c1-15-22(23(27)32(31-15)16-8-4-3-5-9-16)25(34)28-19-11-7-6-10-18(19)24(33)30-26-29-20-13-12-17(35-2)14-21(20)36-26/h3-14H,1-2H3,(H,28,34)(H,29,30,33). The summed E-state index contributed by atoms with van der Waals surface area (Å²) in [6.45, 7) is 1.71. The highest BCUT2D eigenvalue weighted by Gasteiger charge is 2.23. The van der Waals surface area contributed by atoms with E-state index in [4.69, 9.17) is 16.3 Å². The van der Waals surface area contributed by atoms with Gasteiger partial charge in [-0.2, -0.15) is 5.10 Å². The number of carbonyl (C=O) groups excluding carboxylic acids is 2. The summed E-state index contributed by atoms with van der Waals surface area (Å²) in [5, 5.41) is 10.7. The number of carbonyl (C=O) groups is 2. The zero-order valence-electron chi connectivity index (χ0n) is 19.3. The molecule has 0 fully saturated rings. The highest BCUT2D eigenvalue weighted by molar-refractivity contribution is 7.22. The fourth-order valence-corrected chi connectivity index (χ4v) is 4.97. The second-order valence-corrected chi connectivity index (χ2v) is 9.19. The lowest BCUT2D eigenvalue weighted by Crippen LogP contribution is -2.18. The number of fused-ring (bicyclic) bond motifs is 1. The summed E-state index contributed by atoms with van der Waals surface area (Å²) in [4.78, 5) is 30.8. The Kier molecular flexibility index (Phi) is 6.41. The van der Waals surface area contributed by atoms with E-state index in [0.717, 1.165) is 15.9 Å². The molecule has 8 nitrogen and oxygen atoms in total.